The molecule has 2 aliphatic rings. The molecule has 1 aromatic heterocycles. The van der Waals surface area contributed by atoms with Crippen LogP contribution in [0.2, 0.25) is 0 Å². The van der Waals surface area contributed by atoms with Crippen molar-refractivity contribution in [3.05, 3.63) is 68.8 Å². The summed E-state index contributed by atoms with van der Waals surface area (Å²) < 4.78 is 14.3. The topological polar surface area (TPSA) is 96.7 Å². The molecule has 2 aromatic rings. The van der Waals surface area contributed by atoms with Crippen molar-refractivity contribution in [3.63, 3.8) is 0 Å². The number of hydrogen-bond acceptors (Lipinski definition) is 6. The summed E-state index contributed by atoms with van der Waals surface area (Å²) in [6, 6.07) is 6.75. The van der Waals surface area contributed by atoms with Crippen LogP contribution >= 0.6 is 11.8 Å². The second-order valence-electron chi connectivity index (χ2n) is 7.98. The zero-order valence-corrected chi connectivity index (χ0v) is 18.4. The Balaban J connectivity index is 1.48. The van der Waals surface area contributed by atoms with Gasteiger partial charge in [-0.05, 0) is 38.0 Å². The molecule has 2 saturated heterocycles. The molecule has 168 valence electrons. The van der Waals surface area contributed by atoms with Gasteiger partial charge in [0.05, 0.1) is 33.7 Å². The highest BCUT2D eigenvalue weighted by Gasteiger charge is 2.31. The van der Waals surface area contributed by atoms with Crippen molar-refractivity contribution in [2.75, 3.05) is 31.3 Å². The van der Waals surface area contributed by atoms with Crippen LogP contribution in [-0.2, 0) is 0 Å². The predicted molar refractivity (Wildman–Crippen MR) is 118 cm³/mol. The SMILES string of the molecule is Cc1ccc(C(=O)N2CCSC2)c(C2CCN(C(=O)c3ccc([N+](=O)[O-])cc3F)CC2)n1. The highest BCUT2D eigenvalue weighted by Crippen LogP contribution is 2.31. The van der Waals surface area contributed by atoms with Crippen LogP contribution in [0.25, 0.3) is 0 Å². The number of carbonyl (C=O) groups excluding carboxylic acids is 2. The van der Waals surface area contributed by atoms with Gasteiger partial charge in [-0.3, -0.25) is 24.7 Å². The molecule has 2 amide bonds. The van der Waals surface area contributed by atoms with Crippen molar-refractivity contribution in [1.29, 1.82) is 0 Å². The Morgan fingerprint density at radius 2 is 1.78 bits per heavy atom. The Labute approximate surface area is 188 Å². The van der Waals surface area contributed by atoms with Crippen LogP contribution in [-0.4, -0.2) is 62.8 Å². The summed E-state index contributed by atoms with van der Waals surface area (Å²) in [6.07, 6.45) is 1.21. The van der Waals surface area contributed by atoms with Crippen LogP contribution in [0.5, 0.6) is 0 Å². The summed E-state index contributed by atoms with van der Waals surface area (Å²) in [6.45, 7) is 3.40. The third kappa shape index (κ3) is 4.45. The van der Waals surface area contributed by atoms with Crippen molar-refractivity contribution in [1.82, 2.24) is 14.8 Å². The van der Waals surface area contributed by atoms with Crippen molar-refractivity contribution in [3.8, 4) is 0 Å². The fraction of sp³-hybridized carbons (Fsp3) is 0.409. The van der Waals surface area contributed by atoms with E-state index in [0.29, 0.717) is 37.4 Å². The summed E-state index contributed by atoms with van der Waals surface area (Å²) >= 11 is 1.73. The Morgan fingerprint density at radius 1 is 1.09 bits per heavy atom. The number of nitro benzene ring substituents is 1. The first-order valence-electron chi connectivity index (χ1n) is 10.4. The summed E-state index contributed by atoms with van der Waals surface area (Å²) in [5.41, 5.74) is 1.64. The van der Waals surface area contributed by atoms with Gasteiger partial charge in [0, 0.05) is 43.1 Å². The number of benzene rings is 1. The third-order valence-corrected chi connectivity index (χ3v) is 6.86. The minimum Gasteiger partial charge on any atom is -0.339 e. The third-order valence-electron chi connectivity index (χ3n) is 5.90. The summed E-state index contributed by atoms with van der Waals surface area (Å²) in [4.78, 5) is 44.0. The molecule has 0 saturated carbocycles. The average Bonchev–Trinajstić information content (AvgIpc) is 3.33. The van der Waals surface area contributed by atoms with Crippen molar-refractivity contribution >= 4 is 29.3 Å². The minimum absolute atomic E-state index is 0.0102. The number of aryl methyl sites for hydroxylation is 1. The molecule has 0 spiro atoms. The normalized spacial score (nSPS) is 16.9. The number of pyridine rings is 1. The Kier molecular flexibility index (Phi) is 6.40. The molecule has 2 fully saturated rings. The molecule has 10 heteroatoms. The van der Waals surface area contributed by atoms with Crippen LogP contribution in [0.1, 0.15) is 50.9 Å². The highest BCUT2D eigenvalue weighted by molar-refractivity contribution is 7.99. The van der Waals surface area contributed by atoms with E-state index in [2.05, 4.69) is 4.98 Å². The molecule has 1 aromatic carbocycles. The van der Waals surface area contributed by atoms with E-state index in [1.165, 1.54) is 0 Å². The molecule has 2 aliphatic heterocycles. The van der Waals surface area contributed by atoms with Crippen LogP contribution in [0, 0.1) is 22.9 Å². The second-order valence-corrected chi connectivity index (χ2v) is 9.05. The van der Waals surface area contributed by atoms with E-state index < -0.39 is 22.3 Å². The van der Waals surface area contributed by atoms with Crippen molar-refractivity contribution in [2.24, 2.45) is 0 Å². The molecule has 32 heavy (non-hydrogen) atoms. The average molecular weight is 459 g/mol. The molecule has 0 N–H and O–H groups in total. The fourth-order valence-corrected chi connectivity index (χ4v) is 5.08. The maximum atomic E-state index is 14.3. The molecule has 8 nitrogen and oxygen atoms in total. The number of likely N-dealkylation sites (tertiary alicyclic amines) is 1. The Morgan fingerprint density at radius 3 is 2.41 bits per heavy atom. The number of nitrogens with zero attached hydrogens (tertiary/aromatic N) is 4. The zero-order chi connectivity index (χ0) is 22.8. The van der Waals surface area contributed by atoms with Crippen molar-refractivity contribution < 1.29 is 18.9 Å². The summed E-state index contributed by atoms with van der Waals surface area (Å²) in [5, 5.41) is 10.8. The minimum atomic E-state index is -0.900. The van der Waals surface area contributed by atoms with Gasteiger partial charge in [0.25, 0.3) is 17.5 Å². The van der Waals surface area contributed by atoms with E-state index in [-0.39, 0.29) is 17.4 Å². The molecule has 0 unspecified atom stereocenters. The first-order valence-corrected chi connectivity index (χ1v) is 11.6. The Bertz CT molecular complexity index is 1070. The number of nitro groups is 1. The number of aromatic nitrogens is 1. The molecule has 0 radical (unpaired) electrons. The van der Waals surface area contributed by atoms with Gasteiger partial charge in [0.2, 0.25) is 0 Å². The fourth-order valence-electron chi connectivity index (χ4n) is 4.13. The van der Waals surface area contributed by atoms with Gasteiger partial charge in [0.1, 0.15) is 5.82 Å². The lowest BCUT2D eigenvalue weighted by atomic mass is 9.89. The smallest absolute Gasteiger partial charge is 0.272 e. The van der Waals surface area contributed by atoms with Gasteiger partial charge in [-0.2, -0.15) is 0 Å². The predicted octanol–water partition coefficient (Wildman–Crippen LogP) is 3.60. The number of amides is 2. The van der Waals surface area contributed by atoms with Gasteiger partial charge >= 0.3 is 0 Å². The van der Waals surface area contributed by atoms with Gasteiger partial charge in [-0.25, -0.2) is 4.39 Å². The molecule has 0 bridgehead atoms. The lowest BCUT2D eigenvalue weighted by Crippen LogP contribution is -2.39. The van der Waals surface area contributed by atoms with E-state index in [4.69, 9.17) is 0 Å². The lowest BCUT2D eigenvalue weighted by Gasteiger charge is -2.33. The molecular weight excluding hydrogens is 435 g/mol. The number of halogens is 1. The van der Waals surface area contributed by atoms with Gasteiger partial charge in [0.15, 0.2) is 0 Å². The van der Waals surface area contributed by atoms with E-state index in [1.807, 2.05) is 24.0 Å². The van der Waals surface area contributed by atoms with Gasteiger partial charge < -0.3 is 9.80 Å². The summed E-state index contributed by atoms with van der Waals surface area (Å²) in [5.74, 6) is 0.236. The standard InChI is InChI=1S/C22H23FN4O4S/c1-14-2-4-18(22(29)26-10-11-32-13-26)20(24-14)15-6-8-25(9-7-15)21(28)17-5-3-16(27(30)31)12-19(17)23/h2-5,12,15H,6-11,13H2,1H3. The largest absolute Gasteiger partial charge is 0.339 e. The number of carbonyl (C=O) groups is 2. The van der Waals surface area contributed by atoms with Crippen LogP contribution < -0.4 is 0 Å². The first kappa shape index (κ1) is 22.2. The first-order chi connectivity index (χ1) is 15.3. The quantitative estimate of drug-likeness (QED) is 0.513. The Hall–Kier alpha value is -3.01. The summed E-state index contributed by atoms with van der Waals surface area (Å²) in [7, 11) is 0. The monoisotopic (exact) mass is 458 g/mol. The van der Waals surface area contributed by atoms with Crippen LogP contribution in [0.4, 0.5) is 10.1 Å². The number of piperidine rings is 1. The van der Waals surface area contributed by atoms with Crippen LogP contribution in [0.3, 0.4) is 0 Å². The van der Waals surface area contributed by atoms with E-state index in [9.17, 15) is 24.1 Å². The zero-order valence-electron chi connectivity index (χ0n) is 17.6. The van der Waals surface area contributed by atoms with E-state index in [0.717, 1.165) is 41.9 Å². The maximum Gasteiger partial charge on any atom is 0.272 e. The molecular formula is C22H23FN4O4S. The number of rotatable bonds is 4. The van der Waals surface area contributed by atoms with E-state index >= 15 is 0 Å². The van der Waals surface area contributed by atoms with Gasteiger partial charge in [-0.1, -0.05) is 0 Å². The van der Waals surface area contributed by atoms with Crippen LogP contribution in [0.15, 0.2) is 30.3 Å². The highest BCUT2D eigenvalue weighted by atomic mass is 32.2. The van der Waals surface area contributed by atoms with Gasteiger partial charge in [-0.15, -0.1) is 11.8 Å². The number of thioether (sulfide) groups is 1. The number of non-ortho nitro benzene ring substituents is 1. The maximum absolute atomic E-state index is 14.3. The number of hydrogen-bond donors (Lipinski definition) is 0. The molecule has 0 atom stereocenters. The molecule has 3 heterocycles. The van der Waals surface area contributed by atoms with E-state index in [1.54, 1.807) is 16.7 Å². The second kappa shape index (κ2) is 9.23. The van der Waals surface area contributed by atoms with Crippen molar-refractivity contribution in [2.45, 2.75) is 25.7 Å². The molecule has 4 rings (SSSR count). The lowest BCUT2D eigenvalue weighted by molar-refractivity contribution is -0.385. The molecule has 0 aliphatic carbocycles.